The number of carbonyl (C=O) groups excluding carboxylic acids is 3. The molecule has 0 bridgehead atoms. The zero-order chi connectivity index (χ0) is 54.3. The number of ether oxygens (including phenoxy) is 3. The Labute approximate surface area is 468 Å². The molecular formula is C69H130O6. The van der Waals surface area contributed by atoms with Crippen molar-refractivity contribution in [3.8, 4) is 0 Å². The largest absolute Gasteiger partial charge is 0.462 e. The second-order valence-corrected chi connectivity index (χ2v) is 23.1. The van der Waals surface area contributed by atoms with E-state index in [4.69, 9.17) is 14.2 Å². The van der Waals surface area contributed by atoms with Crippen molar-refractivity contribution >= 4 is 17.9 Å². The van der Waals surface area contributed by atoms with Crippen LogP contribution in [0.4, 0.5) is 0 Å². The Kier molecular flexibility index (Phi) is 62.6. The van der Waals surface area contributed by atoms with Gasteiger partial charge in [0, 0.05) is 19.3 Å². The molecule has 0 saturated carbocycles. The Hall–Kier alpha value is -2.11. The molecule has 0 spiro atoms. The zero-order valence-corrected chi connectivity index (χ0v) is 50.8. The first kappa shape index (κ1) is 72.9. The van der Waals surface area contributed by atoms with Crippen molar-refractivity contribution in [1.82, 2.24) is 0 Å². The highest BCUT2D eigenvalue weighted by Gasteiger charge is 2.19. The number of esters is 3. The summed E-state index contributed by atoms with van der Waals surface area (Å²) in [5, 5.41) is 0. The van der Waals surface area contributed by atoms with Crippen molar-refractivity contribution in [1.29, 1.82) is 0 Å². The van der Waals surface area contributed by atoms with Crippen LogP contribution in [0.25, 0.3) is 0 Å². The number of rotatable bonds is 63. The summed E-state index contributed by atoms with van der Waals surface area (Å²) in [4.78, 5) is 38.3. The van der Waals surface area contributed by atoms with Crippen molar-refractivity contribution in [2.24, 2.45) is 0 Å². The van der Waals surface area contributed by atoms with Crippen LogP contribution in [0.5, 0.6) is 0 Å². The van der Waals surface area contributed by atoms with Crippen molar-refractivity contribution in [3.05, 3.63) is 24.3 Å². The molecule has 442 valence electrons. The van der Waals surface area contributed by atoms with Crippen LogP contribution in [0.15, 0.2) is 24.3 Å². The summed E-state index contributed by atoms with van der Waals surface area (Å²) in [6, 6.07) is 0. The van der Waals surface area contributed by atoms with Gasteiger partial charge in [0.2, 0.25) is 0 Å². The second-order valence-electron chi connectivity index (χ2n) is 23.1. The van der Waals surface area contributed by atoms with Gasteiger partial charge < -0.3 is 14.2 Å². The molecule has 0 aliphatic heterocycles. The van der Waals surface area contributed by atoms with Gasteiger partial charge in [-0.3, -0.25) is 14.4 Å². The topological polar surface area (TPSA) is 78.9 Å². The lowest BCUT2D eigenvalue weighted by molar-refractivity contribution is -0.167. The lowest BCUT2D eigenvalue weighted by Crippen LogP contribution is -2.30. The molecule has 0 rings (SSSR count). The highest BCUT2D eigenvalue weighted by Crippen LogP contribution is 2.18. The third-order valence-electron chi connectivity index (χ3n) is 15.4. The van der Waals surface area contributed by atoms with Crippen LogP contribution in [0.2, 0.25) is 0 Å². The summed E-state index contributed by atoms with van der Waals surface area (Å²) < 4.78 is 16.9. The molecule has 1 unspecified atom stereocenters. The number of allylic oxidation sites excluding steroid dienone is 4. The molecule has 0 amide bonds. The van der Waals surface area contributed by atoms with Gasteiger partial charge in [-0.1, -0.05) is 315 Å². The number of hydrogen-bond acceptors (Lipinski definition) is 6. The summed E-state index contributed by atoms with van der Waals surface area (Å²) in [5.41, 5.74) is 0. The maximum absolute atomic E-state index is 12.9. The van der Waals surface area contributed by atoms with Crippen LogP contribution < -0.4 is 0 Å². The van der Waals surface area contributed by atoms with Gasteiger partial charge in [-0.25, -0.2) is 0 Å². The average Bonchev–Trinajstić information content (AvgIpc) is 3.41. The molecule has 0 aliphatic rings. The maximum Gasteiger partial charge on any atom is 0.306 e. The van der Waals surface area contributed by atoms with Crippen molar-refractivity contribution < 1.29 is 28.6 Å². The molecule has 0 radical (unpaired) electrons. The van der Waals surface area contributed by atoms with Crippen LogP contribution >= 0.6 is 0 Å². The lowest BCUT2D eigenvalue weighted by Gasteiger charge is -2.18. The van der Waals surface area contributed by atoms with E-state index in [1.807, 2.05) is 0 Å². The summed E-state index contributed by atoms with van der Waals surface area (Å²) >= 11 is 0. The fourth-order valence-electron chi connectivity index (χ4n) is 10.3. The first-order chi connectivity index (χ1) is 37.0. The van der Waals surface area contributed by atoms with Gasteiger partial charge in [0.05, 0.1) is 0 Å². The van der Waals surface area contributed by atoms with E-state index >= 15 is 0 Å². The van der Waals surface area contributed by atoms with Crippen LogP contribution in [-0.2, 0) is 28.6 Å². The minimum atomic E-state index is -0.771. The quantitative estimate of drug-likeness (QED) is 0.0261. The molecule has 75 heavy (non-hydrogen) atoms. The van der Waals surface area contributed by atoms with Gasteiger partial charge in [-0.2, -0.15) is 0 Å². The van der Waals surface area contributed by atoms with E-state index in [9.17, 15) is 14.4 Å². The van der Waals surface area contributed by atoms with Gasteiger partial charge in [0.15, 0.2) is 6.10 Å². The van der Waals surface area contributed by atoms with E-state index < -0.39 is 6.10 Å². The molecule has 0 N–H and O–H groups in total. The van der Waals surface area contributed by atoms with Crippen molar-refractivity contribution in [2.75, 3.05) is 13.2 Å². The average molecular weight is 1060 g/mol. The zero-order valence-electron chi connectivity index (χ0n) is 50.8. The smallest absolute Gasteiger partial charge is 0.306 e. The van der Waals surface area contributed by atoms with Crippen LogP contribution in [-0.4, -0.2) is 37.2 Å². The van der Waals surface area contributed by atoms with E-state index in [0.717, 1.165) is 64.2 Å². The molecule has 6 heteroatoms. The van der Waals surface area contributed by atoms with E-state index in [0.29, 0.717) is 19.3 Å². The number of unbranched alkanes of at least 4 members (excludes halogenated alkanes) is 48. The Balaban J connectivity index is 4.14. The SMILES string of the molecule is CCCCCCCC/C=C\CCCCCCCC(=O)OC(COC(=O)CCCCCCCCCCCCCCC)COC(=O)CCCCCCCCCCCCCCCCCCC/C=C\CCCCCCCCCC. The Morgan fingerprint density at radius 2 is 0.440 bits per heavy atom. The molecule has 1 atom stereocenters. The first-order valence-electron chi connectivity index (χ1n) is 33.8. The predicted octanol–water partition coefficient (Wildman–Crippen LogP) is 23.0. The van der Waals surface area contributed by atoms with Crippen molar-refractivity contribution in [2.45, 2.75) is 386 Å². The Morgan fingerprint density at radius 3 is 0.667 bits per heavy atom. The molecule has 0 aromatic carbocycles. The van der Waals surface area contributed by atoms with Crippen LogP contribution in [0.3, 0.4) is 0 Å². The third-order valence-corrected chi connectivity index (χ3v) is 15.4. The van der Waals surface area contributed by atoms with Gasteiger partial charge in [-0.15, -0.1) is 0 Å². The summed E-state index contributed by atoms with van der Waals surface area (Å²) in [7, 11) is 0. The summed E-state index contributed by atoms with van der Waals surface area (Å²) in [6.07, 6.45) is 77.8. The van der Waals surface area contributed by atoms with Gasteiger partial charge in [-0.05, 0) is 70.6 Å². The monoisotopic (exact) mass is 1050 g/mol. The first-order valence-corrected chi connectivity index (χ1v) is 33.8. The fourth-order valence-corrected chi connectivity index (χ4v) is 10.3. The van der Waals surface area contributed by atoms with E-state index in [-0.39, 0.29) is 31.1 Å². The van der Waals surface area contributed by atoms with E-state index in [1.165, 1.54) is 276 Å². The van der Waals surface area contributed by atoms with E-state index in [2.05, 4.69) is 45.1 Å². The molecule has 0 aliphatic carbocycles. The highest BCUT2D eigenvalue weighted by atomic mass is 16.6. The molecule has 0 aromatic rings. The maximum atomic E-state index is 12.9. The summed E-state index contributed by atoms with van der Waals surface area (Å²) in [5.74, 6) is -0.850. The van der Waals surface area contributed by atoms with Crippen molar-refractivity contribution in [3.63, 3.8) is 0 Å². The molecule has 0 saturated heterocycles. The summed E-state index contributed by atoms with van der Waals surface area (Å²) in [6.45, 7) is 6.69. The second kappa shape index (κ2) is 64.4. The normalized spacial score (nSPS) is 12.1. The van der Waals surface area contributed by atoms with Crippen LogP contribution in [0, 0.1) is 0 Å². The Bertz CT molecular complexity index is 1210. The van der Waals surface area contributed by atoms with E-state index in [1.54, 1.807) is 0 Å². The standard InChI is InChI=1S/C69H130O6/c1-4-7-10-13-16-19-22-25-27-28-29-30-31-32-33-34-35-36-37-38-39-40-42-44-47-50-53-56-59-62-68(71)74-65-66(64-73-67(70)61-58-55-52-49-46-43-24-21-18-15-12-9-6-3)75-69(72)63-60-57-54-51-48-45-41-26-23-20-17-14-11-8-5-2/h26,28-29,41,66H,4-25,27,30-40,42-65H2,1-3H3/b29-28-,41-26-. The Morgan fingerprint density at radius 1 is 0.253 bits per heavy atom. The van der Waals surface area contributed by atoms with Gasteiger partial charge in [0.25, 0.3) is 0 Å². The third kappa shape index (κ3) is 62.6. The molecule has 0 fully saturated rings. The molecular weight excluding hydrogens is 925 g/mol. The lowest BCUT2D eigenvalue weighted by atomic mass is 10.0. The predicted molar refractivity (Wildman–Crippen MR) is 326 cm³/mol. The van der Waals surface area contributed by atoms with Gasteiger partial charge in [0.1, 0.15) is 13.2 Å². The minimum Gasteiger partial charge on any atom is -0.462 e. The minimum absolute atomic E-state index is 0.0687. The number of carbonyl (C=O) groups is 3. The molecule has 0 aromatic heterocycles. The van der Waals surface area contributed by atoms with Crippen LogP contribution in [0.1, 0.15) is 380 Å². The molecule has 0 heterocycles. The highest BCUT2D eigenvalue weighted by molar-refractivity contribution is 5.71. The molecule has 6 nitrogen and oxygen atoms in total. The number of hydrogen-bond donors (Lipinski definition) is 0. The fraction of sp³-hybridized carbons (Fsp3) is 0.899. The van der Waals surface area contributed by atoms with Gasteiger partial charge >= 0.3 is 17.9 Å².